The van der Waals surface area contributed by atoms with E-state index in [0.29, 0.717) is 24.6 Å². The lowest BCUT2D eigenvalue weighted by Gasteiger charge is -2.33. The molecule has 0 saturated carbocycles. The number of carbonyl (C=O) groups is 1. The molecule has 1 fully saturated rings. The highest BCUT2D eigenvalue weighted by atomic mass is 35.5. The first-order valence-electron chi connectivity index (χ1n) is 11.0. The van der Waals surface area contributed by atoms with Crippen LogP contribution in [0, 0.1) is 17.2 Å². The number of hydrogen-bond acceptors (Lipinski definition) is 4. The number of aromatic nitrogens is 1. The molecule has 7 heteroatoms. The average molecular weight is 467 g/mol. The maximum Gasteiger partial charge on any atom is 0.240 e. The van der Waals surface area contributed by atoms with Crippen molar-refractivity contribution in [3.05, 3.63) is 65.4 Å². The minimum atomic E-state index is -0.350. The first kappa shape index (κ1) is 22.7. The van der Waals surface area contributed by atoms with Gasteiger partial charge >= 0.3 is 0 Å². The largest absolute Gasteiger partial charge is 0.341 e. The first-order valence-corrected chi connectivity index (χ1v) is 12.2. The van der Waals surface area contributed by atoms with Crippen LogP contribution in [0.15, 0.2) is 59.6 Å². The van der Waals surface area contributed by atoms with Gasteiger partial charge in [-0.05, 0) is 66.8 Å². The Labute approximate surface area is 198 Å². The van der Waals surface area contributed by atoms with Crippen LogP contribution in [0.4, 0.5) is 0 Å². The van der Waals surface area contributed by atoms with Crippen LogP contribution in [0.25, 0.3) is 10.8 Å². The molecule has 1 unspecified atom stereocenters. The maximum atomic E-state index is 13.4. The molecule has 1 atom stereocenters. The van der Waals surface area contributed by atoms with Gasteiger partial charge in [0.05, 0.1) is 6.04 Å². The van der Waals surface area contributed by atoms with Crippen molar-refractivity contribution in [2.45, 2.75) is 43.7 Å². The summed E-state index contributed by atoms with van der Waals surface area (Å²) >= 11 is 7.85. The number of aryl methyl sites for hydroxylation is 1. The van der Waals surface area contributed by atoms with Gasteiger partial charge in [-0.25, -0.2) is 4.72 Å². The Balaban J connectivity index is 1.51. The fraction of sp³-hybridized carbons (Fsp3) is 0.360. The SMILES string of the molecule is CC1CCN(C(=O)C(CCn2cccc2C#N)NSc2ccc(Cl)c3ccccc23)CC1. The number of amides is 1. The minimum Gasteiger partial charge on any atom is -0.341 e. The van der Waals surface area contributed by atoms with Gasteiger partial charge in [0, 0.05) is 41.1 Å². The lowest BCUT2D eigenvalue weighted by Crippen LogP contribution is -2.47. The normalized spacial score (nSPS) is 15.6. The zero-order valence-corrected chi connectivity index (χ0v) is 19.7. The standard InChI is InChI=1S/C25H27ClN4OS/c1-18-10-14-30(15-11-18)25(31)23(12-16-29-13-4-5-19(29)17-27)28-32-24-9-8-22(26)20-6-2-3-7-21(20)24/h2-9,13,18,23,28H,10-12,14-16H2,1H3. The van der Waals surface area contributed by atoms with E-state index < -0.39 is 0 Å². The Hall–Kier alpha value is -2.46. The third-order valence-electron chi connectivity index (χ3n) is 6.14. The highest BCUT2D eigenvalue weighted by Crippen LogP contribution is 2.32. The third kappa shape index (κ3) is 5.12. The van der Waals surface area contributed by atoms with Gasteiger partial charge in [-0.3, -0.25) is 4.79 Å². The molecule has 0 spiro atoms. The molecule has 32 heavy (non-hydrogen) atoms. The Bertz CT molecular complexity index is 1130. The van der Waals surface area contributed by atoms with Crippen molar-refractivity contribution < 1.29 is 4.79 Å². The van der Waals surface area contributed by atoms with E-state index in [9.17, 15) is 10.1 Å². The quantitative estimate of drug-likeness (QED) is 0.468. The number of hydrogen-bond donors (Lipinski definition) is 1. The number of rotatable bonds is 7. The summed E-state index contributed by atoms with van der Waals surface area (Å²) in [4.78, 5) is 16.4. The summed E-state index contributed by atoms with van der Waals surface area (Å²) in [6.07, 6.45) is 4.59. The van der Waals surface area contributed by atoms with Gasteiger partial charge < -0.3 is 9.47 Å². The fourth-order valence-corrected chi connectivity index (χ4v) is 5.26. The Morgan fingerprint density at radius 2 is 1.94 bits per heavy atom. The van der Waals surface area contributed by atoms with E-state index in [1.807, 2.05) is 58.1 Å². The molecule has 5 nitrogen and oxygen atoms in total. The minimum absolute atomic E-state index is 0.133. The predicted molar refractivity (Wildman–Crippen MR) is 130 cm³/mol. The number of halogens is 1. The fourth-order valence-electron chi connectivity index (χ4n) is 4.12. The topological polar surface area (TPSA) is 61.1 Å². The van der Waals surface area contributed by atoms with E-state index >= 15 is 0 Å². The molecule has 0 bridgehead atoms. The van der Waals surface area contributed by atoms with Gasteiger partial charge in [0.1, 0.15) is 11.8 Å². The number of piperidine rings is 1. The predicted octanol–water partition coefficient (Wildman–Crippen LogP) is 5.48. The molecule has 0 aliphatic carbocycles. The Morgan fingerprint density at radius 3 is 2.69 bits per heavy atom. The molecule has 4 rings (SSSR count). The number of carbonyl (C=O) groups excluding carboxylic acids is 1. The molecule has 1 N–H and O–H groups in total. The van der Waals surface area contributed by atoms with E-state index in [0.717, 1.165) is 46.6 Å². The van der Waals surface area contributed by atoms with Crippen LogP contribution in [0.3, 0.4) is 0 Å². The van der Waals surface area contributed by atoms with E-state index in [-0.39, 0.29) is 11.9 Å². The number of benzene rings is 2. The lowest BCUT2D eigenvalue weighted by molar-refractivity contribution is -0.134. The van der Waals surface area contributed by atoms with Gasteiger partial charge in [-0.1, -0.05) is 42.8 Å². The van der Waals surface area contributed by atoms with Gasteiger partial charge in [-0.15, -0.1) is 0 Å². The molecule has 3 aromatic rings. The Kier molecular flexibility index (Phi) is 7.41. The number of nitrogens with one attached hydrogen (secondary N) is 1. The van der Waals surface area contributed by atoms with Crippen LogP contribution in [-0.4, -0.2) is 34.5 Å². The molecule has 166 valence electrons. The second-order valence-electron chi connectivity index (χ2n) is 8.36. The van der Waals surface area contributed by atoms with Crippen molar-refractivity contribution >= 4 is 40.2 Å². The van der Waals surface area contributed by atoms with Gasteiger partial charge in [0.25, 0.3) is 0 Å². The summed E-state index contributed by atoms with van der Waals surface area (Å²) in [5.41, 5.74) is 0.611. The Morgan fingerprint density at radius 1 is 1.19 bits per heavy atom. The van der Waals surface area contributed by atoms with Crippen LogP contribution in [0.5, 0.6) is 0 Å². The summed E-state index contributed by atoms with van der Waals surface area (Å²) in [5, 5.41) is 12.1. The van der Waals surface area contributed by atoms with Crippen LogP contribution in [0.2, 0.25) is 5.02 Å². The average Bonchev–Trinajstić information content (AvgIpc) is 3.28. The third-order valence-corrected chi connectivity index (χ3v) is 7.45. The monoisotopic (exact) mass is 466 g/mol. The van der Waals surface area contributed by atoms with Crippen molar-refractivity contribution in [2.24, 2.45) is 5.92 Å². The zero-order valence-electron chi connectivity index (χ0n) is 18.1. The second kappa shape index (κ2) is 10.4. The molecule has 1 saturated heterocycles. The smallest absolute Gasteiger partial charge is 0.240 e. The summed E-state index contributed by atoms with van der Waals surface area (Å²) in [7, 11) is 0. The summed E-state index contributed by atoms with van der Waals surface area (Å²) < 4.78 is 5.35. The van der Waals surface area contributed by atoms with E-state index in [1.165, 1.54) is 11.9 Å². The van der Waals surface area contributed by atoms with Crippen molar-refractivity contribution in [3.63, 3.8) is 0 Å². The zero-order chi connectivity index (χ0) is 22.5. The summed E-state index contributed by atoms with van der Waals surface area (Å²) in [6, 6.07) is 17.4. The number of fused-ring (bicyclic) bond motifs is 1. The molecular weight excluding hydrogens is 440 g/mol. The number of nitriles is 1. The van der Waals surface area contributed by atoms with Crippen LogP contribution in [0.1, 0.15) is 31.9 Å². The summed E-state index contributed by atoms with van der Waals surface area (Å²) in [5.74, 6) is 0.798. The maximum absolute atomic E-state index is 13.4. The van der Waals surface area contributed by atoms with Gasteiger partial charge in [0.15, 0.2) is 0 Å². The first-order chi connectivity index (χ1) is 15.6. The van der Waals surface area contributed by atoms with Gasteiger partial charge in [0.2, 0.25) is 5.91 Å². The van der Waals surface area contributed by atoms with E-state index in [2.05, 4.69) is 17.7 Å². The molecular formula is C25H27ClN4OS. The second-order valence-corrected chi connectivity index (χ2v) is 9.65. The number of nitrogens with zero attached hydrogens (tertiary/aromatic N) is 3. The van der Waals surface area contributed by atoms with Crippen LogP contribution in [-0.2, 0) is 11.3 Å². The molecule has 1 aliphatic heterocycles. The van der Waals surface area contributed by atoms with Crippen LogP contribution < -0.4 is 4.72 Å². The number of likely N-dealkylation sites (tertiary alicyclic amines) is 1. The van der Waals surface area contributed by atoms with Crippen molar-refractivity contribution in [1.29, 1.82) is 5.26 Å². The summed E-state index contributed by atoms with van der Waals surface area (Å²) in [6.45, 7) is 4.46. The van der Waals surface area contributed by atoms with Crippen molar-refractivity contribution in [2.75, 3.05) is 13.1 Å². The molecule has 0 radical (unpaired) electrons. The molecule has 1 aliphatic rings. The van der Waals surface area contributed by atoms with E-state index in [4.69, 9.17) is 11.6 Å². The van der Waals surface area contributed by atoms with E-state index in [1.54, 1.807) is 6.07 Å². The molecule has 2 aromatic carbocycles. The van der Waals surface area contributed by atoms with Crippen molar-refractivity contribution in [3.8, 4) is 6.07 Å². The van der Waals surface area contributed by atoms with Crippen LogP contribution >= 0.6 is 23.5 Å². The molecule has 2 heterocycles. The molecule has 1 aromatic heterocycles. The molecule has 1 amide bonds. The van der Waals surface area contributed by atoms with Crippen molar-refractivity contribution in [1.82, 2.24) is 14.2 Å². The highest BCUT2D eigenvalue weighted by Gasteiger charge is 2.27. The van der Waals surface area contributed by atoms with Gasteiger partial charge in [-0.2, -0.15) is 5.26 Å². The highest BCUT2D eigenvalue weighted by molar-refractivity contribution is 7.97. The lowest BCUT2D eigenvalue weighted by atomic mass is 9.98.